The van der Waals surface area contributed by atoms with Gasteiger partial charge in [-0.2, -0.15) is 0 Å². The van der Waals surface area contributed by atoms with Crippen LogP contribution in [0.15, 0.2) is 42.6 Å². The van der Waals surface area contributed by atoms with Crippen molar-refractivity contribution in [1.82, 2.24) is 10.3 Å². The Morgan fingerprint density at radius 3 is 2.36 bits per heavy atom. The molecule has 0 unspecified atom stereocenters. The molecule has 4 rings (SSSR count). The lowest BCUT2D eigenvalue weighted by atomic mass is 10.2. The van der Waals surface area contributed by atoms with Crippen LogP contribution >= 0.6 is 0 Å². The van der Waals surface area contributed by atoms with Crippen molar-refractivity contribution in [3.63, 3.8) is 0 Å². The summed E-state index contributed by atoms with van der Waals surface area (Å²) in [5, 5.41) is 8.55. The van der Waals surface area contributed by atoms with E-state index in [4.69, 9.17) is 4.74 Å². The highest BCUT2D eigenvalue weighted by molar-refractivity contribution is 6.07. The van der Waals surface area contributed by atoms with Crippen molar-refractivity contribution in [2.45, 2.75) is 18.9 Å². The van der Waals surface area contributed by atoms with Crippen molar-refractivity contribution >= 4 is 29.1 Å². The average molecular weight is 381 g/mol. The Kier molecular flexibility index (Phi) is 5.38. The number of amides is 3. The number of urea groups is 1. The lowest BCUT2D eigenvalue weighted by Gasteiger charge is -2.29. The fraction of sp³-hybridized carbons (Fsp3) is 0.350. The fourth-order valence-corrected chi connectivity index (χ4v) is 3.02. The first-order valence-corrected chi connectivity index (χ1v) is 9.46. The van der Waals surface area contributed by atoms with Crippen LogP contribution in [0.3, 0.4) is 0 Å². The highest BCUT2D eigenvalue weighted by Crippen LogP contribution is 2.21. The Morgan fingerprint density at radius 1 is 1.00 bits per heavy atom. The molecule has 1 aromatic carbocycles. The molecule has 2 heterocycles. The lowest BCUT2D eigenvalue weighted by Crippen LogP contribution is -2.38. The lowest BCUT2D eigenvalue weighted by molar-refractivity contribution is 0.102. The van der Waals surface area contributed by atoms with Gasteiger partial charge in [0.05, 0.1) is 18.8 Å². The number of rotatable bonds is 5. The van der Waals surface area contributed by atoms with E-state index in [1.54, 1.807) is 42.6 Å². The molecule has 3 N–H and O–H groups in total. The summed E-state index contributed by atoms with van der Waals surface area (Å²) in [6.07, 6.45) is 3.77. The highest BCUT2D eigenvalue weighted by atomic mass is 16.5. The van der Waals surface area contributed by atoms with E-state index in [1.807, 2.05) is 0 Å². The second kappa shape index (κ2) is 8.26. The van der Waals surface area contributed by atoms with Gasteiger partial charge in [0.1, 0.15) is 5.82 Å². The third kappa shape index (κ3) is 4.58. The van der Waals surface area contributed by atoms with E-state index in [1.165, 1.54) is 0 Å². The summed E-state index contributed by atoms with van der Waals surface area (Å²) in [4.78, 5) is 31.0. The molecule has 8 nitrogen and oxygen atoms in total. The largest absolute Gasteiger partial charge is 0.378 e. The van der Waals surface area contributed by atoms with Crippen LogP contribution in [0, 0.1) is 0 Å². The van der Waals surface area contributed by atoms with Gasteiger partial charge in [0.25, 0.3) is 5.91 Å². The summed E-state index contributed by atoms with van der Waals surface area (Å²) in [6.45, 7) is 2.67. The van der Waals surface area contributed by atoms with Gasteiger partial charge in [-0.1, -0.05) is 0 Å². The molecule has 1 aromatic heterocycles. The Morgan fingerprint density at radius 2 is 1.68 bits per heavy atom. The van der Waals surface area contributed by atoms with Crippen molar-refractivity contribution in [2.24, 2.45) is 0 Å². The zero-order valence-electron chi connectivity index (χ0n) is 15.5. The van der Waals surface area contributed by atoms with Gasteiger partial charge in [-0.15, -0.1) is 0 Å². The number of carbonyl (C=O) groups is 2. The SMILES string of the molecule is O=C(Nc1ccc(NC(=O)c2cccnc2N2CCOCC2)cc1)NC1CC1. The summed E-state index contributed by atoms with van der Waals surface area (Å²) in [5.41, 5.74) is 1.84. The van der Waals surface area contributed by atoms with Crippen LogP contribution in [0.5, 0.6) is 0 Å². The number of nitrogens with one attached hydrogen (secondary N) is 3. The van der Waals surface area contributed by atoms with Crippen molar-refractivity contribution < 1.29 is 14.3 Å². The Hall–Kier alpha value is -3.13. The van der Waals surface area contributed by atoms with Crippen molar-refractivity contribution in [1.29, 1.82) is 0 Å². The predicted molar refractivity (Wildman–Crippen MR) is 107 cm³/mol. The molecule has 1 saturated heterocycles. The minimum Gasteiger partial charge on any atom is -0.378 e. The first-order chi connectivity index (χ1) is 13.7. The maximum atomic E-state index is 12.8. The summed E-state index contributed by atoms with van der Waals surface area (Å²) in [7, 11) is 0. The van der Waals surface area contributed by atoms with E-state index >= 15 is 0 Å². The molecule has 28 heavy (non-hydrogen) atoms. The standard InChI is InChI=1S/C20H23N5O3/c26-19(17-2-1-9-21-18(17)25-10-12-28-13-11-25)22-14-3-5-15(6-4-14)23-20(27)24-16-7-8-16/h1-6,9,16H,7-8,10-13H2,(H,22,26)(H2,23,24,27). The van der Waals surface area contributed by atoms with Gasteiger partial charge in [0.2, 0.25) is 0 Å². The molecule has 146 valence electrons. The van der Waals surface area contributed by atoms with E-state index in [-0.39, 0.29) is 11.9 Å². The monoisotopic (exact) mass is 381 g/mol. The number of ether oxygens (including phenoxy) is 1. The van der Waals surface area contributed by atoms with E-state index in [2.05, 4.69) is 25.8 Å². The fourth-order valence-electron chi connectivity index (χ4n) is 3.02. The second-order valence-corrected chi connectivity index (χ2v) is 6.88. The van der Waals surface area contributed by atoms with Gasteiger partial charge in [0.15, 0.2) is 0 Å². The minimum atomic E-state index is -0.221. The van der Waals surface area contributed by atoms with Crippen molar-refractivity contribution in [3.8, 4) is 0 Å². The molecule has 2 fully saturated rings. The minimum absolute atomic E-state index is 0.204. The van der Waals surface area contributed by atoms with Crippen molar-refractivity contribution in [2.75, 3.05) is 41.8 Å². The van der Waals surface area contributed by atoms with Gasteiger partial charge >= 0.3 is 6.03 Å². The molecule has 0 bridgehead atoms. The van der Waals surface area contributed by atoms with Crippen LogP contribution in [0.1, 0.15) is 23.2 Å². The number of benzene rings is 1. The molecular formula is C20H23N5O3. The number of morpholine rings is 1. The Bertz CT molecular complexity index is 845. The van der Waals surface area contributed by atoms with Crippen LogP contribution < -0.4 is 20.9 Å². The number of anilines is 3. The van der Waals surface area contributed by atoms with Crippen LogP contribution in [-0.4, -0.2) is 49.3 Å². The Balaban J connectivity index is 1.40. The molecule has 2 aromatic rings. The molecule has 1 saturated carbocycles. The Labute approximate surface area is 163 Å². The van der Waals surface area contributed by atoms with E-state index < -0.39 is 0 Å². The van der Waals surface area contributed by atoms with E-state index in [0.717, 1.165) is 12.8 Å². The quantitative estimate of drug-likeness (QED) is 0.739. The average Bonchev–Trinajstić information content (AvgIpc) is 3.54. The maximum absolute atomic E-state index is 12.8. The smallest absolute Gasteiger partial charge is 0.319 e. The number of carbonyl (C=O) groups excluding carboxylic acids is 2. The third-order valence-electron chi connectivity index (χ3n) is 4.66. The molecule has 2 aliphatic rings. The van der Waals surface area contributed by atoms with Crippen LogP contribution in [0.2, 0.25) is 0 Å². The van der Waals surface area contributed by atoms with E-state index in [0.29, 0.717) is 55.1 Å². The predicted octanol–water partition coefficient (Wildman–Crippen LogP) is 2.45. The molecule has 0 radical (unpaired) electrons. The van der Waals surface area contributed by atoms with Crippen LogP contribution in [-0.2, 0) is 4.74 Å². The molecule has 0 spiro atoms. The molecular weight excluding hydrogens is 358 g/mol. The van der Waals surface area contributed by atoms with Gasteiger partial charge in [0, 0.05) is 36.7 Å². The zero-order chi connectivity index (χ0) is 19.3. The molecule has 0 atom stereocenters. The number of aromatic nitrogens is 1. The van der Waals surface area contributed by atoms with Crippen LogP contribution in [0.25, 0.3) is 0 Å². The summed E-state index contributed by atoms with van der Waals surface area (Å²) in [5.74, 6) is 0.445. The van der Waals surface area contributed by atoms with Gasteiger partial charge in [-0.25, -0.2) is 9.78 Å². The number of pyridine rings is 1. The van der Waals surface area contributed by atoms with E-state index in [9.17, 15) is 9.59 Å². The first-order valence-electron chi connectivity index (χ1n) is 9.46. The highest BCUT2D eigenvalue weighted by Gasteiger charge is 2.23. The van der Waals surface area contributed by atoms with Gasteiger partial charge in [-0.3, -0.25) is 4.79 Å². The maximum Gasteiger partial charge on any atom is 0.319 e. The number of nitrogens with zero attached hydrogens (tertiary/aromatic N) is 2. The third-order valence-corrected chi connectivity index (χ3v) is 4.66. The topological polar surface area (TPSA) is 95.6 Å². The second-order valence-electron chi connectivity index (χ2n) is 6.88. The molecule has 8 heteroatoms. The summed E-state index contributed by atoms with van der Waals surface area (Å²) < 4.78 is 5.38. The molecule has 1 aliphatic carbocycles. The zero-order valence-corrected chi connectivity index (χ0v) is 15.5. The summed E-state index contributed by atoms with van der Waals surface area (Å²) in [6, 6.07) is 10.7. The van der Waals surface area contributed by atoms with Crippen LogP contribution in [0.4, 0.5) is 22.0 Å². The van der Waals surface area contributed by atoms with Gasteiger partial charge in [-0.05, 0) is 49.2 Å². The summed E-state index contributed by atoms with van der Waals surface area (Å²) >= 11 is 0. The van der Waals surface area contributed by atoms with Crippen molar-refractivity contribution in [3.05, 3.63) is 48.2 Å². The first kappa shape index (κ1) is 18.2. The number of hydrogen-bond acceptors (Lipinski definition) is 5. The van der Waals surface area contributed by atoms with Gasteiger partial charge < -0.3 is 25.6 Å². The normalized spacial score (nSPS) is 16.4. The molecule has 3 amide bonds. The number of hydrogen-bond donors (Lipinski definition) is 3. The molecule has 1 aliphatic heterocycles.